The van der Waals surface area contributed by atoms with Crippen LogP contribution in [0.15, 0.2) is 17.0 Å². The van der Waals surface area contributed by atoms with Crippen molar-refractivity contribution in [3.8, 4) is 0 Å². The number of aromatic nitrogens is 4. The van der Waals surface area contributed by atoms with Crippen LogP contribution >= 0.6 is 0 Å². The van der Waals surface area contributed by atoms with Gasteiger partial charge in [0.15, 0.2) is 0 Å². The van der Waals surface area contributed by atoms with Gasteiger partial charge in [0.2, 0.25) is 5.89 Å². The van der Waals surface area contributed by atoms with E-state index in [4.69, 9.17) is 10.3 Å². The molecule has 0 aliphatic heterocycles. The largest absolute Gasteiger partial charge is 0.348 e. The molecule has 0 spiro atoms. The van der Waals surface area contributed by atoms with Crippen LogP contribution in [0.4, 0.5) is 0 Å². The molecule has 8 nitrogen and oxygen atoms in total. The van der Waals surface area contributed by atoms with Crippen LogP contribution in [0.5, 0.6) is 0 Å². The number of nitrogens with two attached hydrogens (primary N) is 1. The third-order valence-corrected chi connectivity index (χ3v) is 2.87. The first-order valence-electron chi connectivity index (χ1n) is 6.09. The van der Waals surface area contributed by atoms with Crippen molar-refractivity contribution in [2.45, 2.75) is 31.3 Å². The summed E-state index contributed by atoms with van der Waals surface area (Å²) in [4.78, 5) is 22.6. The molecule has 1 fully saturated rings. The Morgan fingerprint density at radius 3 is 3.16 bits per heavy atom. The highest BCUT2D eigenvalue weighted by Crippen LogP contribution is 2.19. The lowest BCUT2D eigenvalue weighted by Gasteiger charge is -2.03. The molecule has 8 heteroatoms. The minimum Gasteiger partial charge on any atom is -0.348 e. The molecule has 1 saturated carbocycles. The predicted octanol–water partition coefficient (Wildman–Crippen LogP) is -0.0726. The monoisotopic (exact) mass is 262 g/mol. The van der Waals surface area contributed by atoms with Crippen LogP contribution in [0, 0.1) is 0 Å². The maximum Gasteiger partial charge on any atom is 0.292 e. The van der Waals surface area contributed by atoms with Crippen molar-refractivity contribution in [3.05, 3.63) is 29.9 Å². The molecule has 1 amide bonds. The number of amides is 1. The Hall–Kier alpha value is -2.22. The number of nitrogens with zero attached hydrogens (tertiary/aromatic N) is 3. The van der Waals surface area contributed by atoms with Crippen LogP contribution < -0.4 is 11.1 Å². The van der Waals surface area contributed by atoms with Gasteiger partial charge >= 0.3 is 0 Å². The minimum atomic E-state index is -0.463. The van der Waals surface area contributed by atoms with E-state index in [2.05, 4.69) is 25.4 Å². The van der Waals surface area contributed by atoms with Crippen molar-refractivity contribution in [2.24, 2.45) is 5.73 Å². The lowest BCUT2D eigenvalue weighted by Crippen LogP contribution is -2.26. The number of hydrogen-bond acceptors (Lipinski definition) is 6. The quantitative estimate of drug-likeness (QED) is 0.693. The fourth-order valence-corrected chi connectivity index (χ4v) is 1.68. The molecule has 2 heterocycles. The zero-order chi connectivity index (χ0) is 13.2. The van der Waals surface area contributed by atoms with Crippen LogP contribution in [-0.4, -0.2) is 32.1 Å². The summed E-state index contributed by atoms with van der Waals surface area (Å²) in [6, 6.07) is -0.205. The minimum absolute atomic E-state index is 0.0296. The first-order valence-corrected chi connectivity index (χ1v) is 6.09. The predicted molar refractivity (Wildman–Crippen MR) is 64.0 cm³/mol. The molecule has 0 aromatic carbocycles. The molecule has 0 saturated heterocycles. The zero-order valence-corrected chi connectivity index (χ0v) is 10.2. The maximum atomic E-state index is 11.7. The van der Waals surface area contributed by atoms with Gasteiger partial charge in [0.1, 0.15) is 0 Å². The van der Waals surface area contributed by atoms with Crippen LogP contribution in [0.2, 0.25) is 0 Å². The lowest BCUT2D eigenvalue weighted by atomic mass is 10.2. The van der Waals surface area contributed by atoms with Gasteiger partial charge in [0.05, 0.1) is 12.4 Å². The fourth-order valence-electron chi connectivity index (χ4n) is 1.68. The summed E-state index contributed by atoms with van der Waals surface area (Å²) < 4.78 is 5.02. The number of carbonyl (C=O) groups is 1. The number of hydrogen-bond donors (Lipinski definition) is 3. The topological polar surface area (TPSA) is 123 Å². The van der Waals surface area contributed by atoms with E-state index in [0.29, 0.717) is 6.42 Å². The van der Waals surface area contributed by atoms with Gasteiger partial charge < -0.3 is 20.6 Å². The van der Waals surface area contributed by atoms with Gasteiger partial charge in [-0.3, -0.25) is 4.79 Å². The Kier molecular flexibility index (Phi) is 3.00. The molecule has 2 aromatic rings. The standard InChI is InChI=1S/C11H14N6O2/c12-8(3-7-4-13-5-14-7)11-16-9(17-19-11)10(18)15-6-1-2-6/h4-6,8H,1-3,12H2,(H,13,14)(H,15,18)/t8-/m0/s1. The molecule has 0 radical (unpaired) electrons. The average molecular weight is 262 g/mol. The fraction of sp³-hybridized carbons (Fsp3) is 0.455. The van der Waals surface area contributed by atoms with E-state index in [-0.39, 0.29) is 23.7 Å². The molecule has 1 aliphatic carbocycles. The molecular formula is C11H14N6O2. The third-order valence-electron chi connectivity index (χ3n) is 2.87. The SMILES string of the molecule is N[C@@H](Cc1cnc[nH]1)c1nc(C(=O)NC2CC2)no1. The number of aromatic amines is 1. The second kappa shape index (κ2) is 4.81. The second-order valence-electron chi connectivity index (χ2n) is 4.59. The van der Waals surface area contributed by atoms with Crippen LogP contribution in [0.1, 0.15) is 41.1 Å². The summed E-state index contributed by atoms with van der Waals surface area (Å²) in [7, 11) is 0. The van der Waals surface area contributed by atoms with E-state index in [9.17, 15) is 4.79 Å². The molecule has 0 unspecified atom stereocenters. The summed E-state index contributed by atoms with van der Waals surface area (Å²) >= 11 is 0. The molecule has 1 atom stereocenters. The summed E-state index contributed by atoms with van der Waals surface area (Å²) in [5.41, 5.74) is 6.81. The summed E-state index contributed by atoms with van der Waals surface area (Å²) in [6.07, 6.45) is 5.76. The van der Waals surface area contributed by atoms with Gasteiger partial charge in [-0.2, -0.15) is 4.98 Å². The highest BCUT2D eigenvalue weighted by Gasteiger charge is 2.26. The van der Waals surface area contributed by atoms with E-state index in [1.165, 1.54) is 0 Å². The third kappa shape index (κ3) is 2.79. The Morgan fingerprint density at radius 1 is 1.63 bits per heavy atom. The number of rotatable bonds is 5. The summed E-state index contributed by atoms with van der Waals surface area (Å²) in [5, 5.41) is 6.43. The van der Waals surface area contributed by atoms with Crippen molar-refractivity contribution in [1.29, 1.82) is 0 Å². The molecule has 100 valence electrons. The van der Waals surface area contributed by atoms with Gasteiger partial charge in [0.25, 0.3) is 11.7 Å². The van der Waals surface area contributed by atoms with Gasteiger partial charge in [-0.25, -0.2) is 4.98 Å². The average Bonchev–Trinajstić information content (AvgIpc) is 2.91. The molecule has 2 aromatic heterocycles. The van der Waals surface area contributed by atoms with Crippen molar-refractivity contribution in [2.75, 3.05) is 0 Å². The van der Waals surface area contributed by atoms with Crippen LogP contribution in [0.3, 0.4) is 0 Å². The number of imidazole rings is 1. The first-order chi connectivity index (χ1) is 9.22. The normalized spacial score (nSPS) is 16.3. The van der Waals surface area contributed by atoms with Crippen LogP contribution in [0.25, 0.3) is 0 Å². The van der Waals surface area contributed by atoms with Crippen molar-refractivity contribution in [1.82, 2.24) is 25.4 Å². The smallest absolute Gasteiger partial charge is 0.292 e. The highest BCUT2D eigenvalue weighted by atomic mass is 16.5. The highest BCUT2D eigenvalue weighted by molar-refractivity contribution is 5.90. The molecular weight excluding hydrogens is 248 g/mol. The van der Waals surface area contributed by atoms with E-state index >= 15 is 0 Å². The Labute approximate surface area is 108 Å². The molecule has 3 rings (SSSR count). The van der Waals surface area contributed by atoms with E-state index < -0.39 is 6.04 Å². The van der Waals surface area contributed by atoms with E-state index in [1.807, 2.05) is 0 Å². The van der Waals surface area contributed by atoms with Gasteiger partial charge in [-0.1, -0.05) is 5.16 Å². The van der Waals surface area contributed by atoms with Gasteiger partial charge in [-0.15, -0.1) is 0 Å². The Bertz CT molecular complexity index is 560. The lowest BCUT2D eigenvalue weighted by molar-refractivity contribution is 0.0937. The van der Waals surface area contributed by atoms with Gasteiger partial charge in [0, 0.05) is 24.4 Å². The summed E-state index contributed by atoms with van der Waals surface area (Å²) in [6.45, 7) is 0. The molecule has 1 aliphatic rings. The first kappa shape index (κ1) is 11.8. The Balaban J connectivity index is 1.64. The number of H-pyrrole nitrogens is 1. The van der Waals surface area contributed by atoms with Crippen molar-refractivity contribution >= 4 is 5.91 Å². The van der Waals surface area contributed by atoms with Crippen molar-refractivity contribution in [3.63, 3.8) is 0 Å². The molecule has 4 N–H and O–H groups in total. The maximum absolute atomic E-state index is 11.7. The Morgan fingerprint density at radius 2 is 2.47 bits per heavy atom. The van der Waals surface area contributed by atoms with Crippen molar-refractivity contribution < 1.29 is 9.32 Å². The number of carbonyl (C=O) groups excluding carboxylic acids is 1. The second-order valence-corrected chi connectivity index (χ2v) is 4.59. The van der Waals surface area contributed by atoms with Crippen LogP contribution in [-0.2, 0) is 6.42 Å². The summed E-state index contributed by atoms with van der Waals surface area (Å²) in [5.74, 6) is -0.0382. The van der Waals surface area contributed by atoms with E-state index in [1.54, 1.807) is 12.5 Å². The molecule has 0 bridgehead atoms. The van der Waals surface area contributed by atoms with E-state index in [0.717, 1.165) is 18.5 Å². The van der Waals surface area contributed by atoms with Gasteiger partial charge in [-0.05, 0) is 12.8 Å². The molecule has 19 heavy (non-hydrogen) atoms. The number of nitrogens with one attached hydrogen (secondary N) is 2. The zero-order valence-electron chi connectivity index (χ0n) is 10.2.